The van der Waals surface area contributed by atoms with E-state index in [4.69, 9.17) is 14.2 Å². The van der Waals surface area contributed by atoms with Crippen molar-refractivity contribution in [1.82, 2.24) is 4.90 Å². The van der Waals surface area contributed by atoms with E-state index < -0.39 is 6.04 Å². The van der Waals surface area contributed by atoms with Crippen LogP contribution < -0.4 is 9.47 Å². The number of hydrogen-bond donors (Lipinski definition) is 0. The highest BCUT2D eigenvalue weighted by Gasteiger charge is 2.39. The second kappa shape index (κ2) is 6.03. The molecule has 6 heteroatoms. The third kappa shape index (κ3) is 2.66. The molecule has 6 nitrogen and oxygen atoms in total. The quantitative estimate of drug-likeness (QED) is 0.785. The van der Waals surface area contributed by atoms with Crippen LogP contribution in [0, 0.1) is 6.92 Å². The molecule has 1 saturated heterocycles. The molecule has 0 bridgehead atoms. The highest BCUT2D eigenvalue weighted by atomic mass is 16.5. The first kappa shape index (κ1) is 15.2. The number of amides is 1. The van der Waals surface area contributed by atoms with Crippen LogP contribution in [0.2, 0.25) is 0 Å². The summed E-state index contributed by atoms with van der Waals surface area (Å²) in [7, 11) is 4.40. The highest BCUT2D eigenvalue weighted by molar-refractivity contribution is 5.98. The van der Waals surface area contributed by atoms with Crippen LogP contribution in [0.5, 0.6) is 11.5 Å². The Balaban J connectivity index is 2.29. The van der Waals surface area contributed by atoms with Gasteiger partial charge in [-0.3, -0.25) is 4.79 Å². The van der Waals surface area contributed by atoms with Crippen molar-refractivity contribution in [3.63, 3.8) is 0 Å². The maximum absolute atomic E-state index is 12.5. The summed E-state index contributed by atoms with van der Waals surface area (Å²) in [6.07, 6.45) is 0.624. The fraction of sp³-hybridized carbons (Fsp3) is 0.467. The zero-order valence-corrected chi connectivity index (χ0v) is 12.6. The summed E-state index contributed by atoms with van der Waals surface area (Å²) in [6, 6.07) is 2.82. The van der Waals surface area contributed by atoms with E-state index in [9.17, 15) is 9.59 Å². The van der Waals surface area contributed by atoms with E-state index in [-0.39, 0.29) is 11.9 Å². The van der Waals surface area contributed by atoms with E-state index in [0.717, 1.165) is 5.56 Å². The first-order valence-electron chi connectivity index (χ1n) is 6.65. The van der Waals surface area contributed by atoms with Gasteiger partial charge in [-0.25, -0.2) is 4.79 Å². The molecule has 1 aliphatic rings. The molecule has 1 heterocycles. The molecule has 114 valence electrons. The first-order valence-corrected chi connectivity index (χ1v) is 6.65. The van der Waals surface area contributed by atoms with E-state index >= 15 is 0 Å². The summed E-state index contributed by atoms with van der Waals surface area (Å²) in [4.78, 5) is 25.6. The van der Waals surface area contributed by atoms with Crippen LogP contribution in [0.3, 0.4) is 0 Å². The Kier molecular flexibility index (Phi) is 4.35. The van der Waals surface area contributed by atoms with Gasteiger partial charge in [0, 0.05) is 17.7 Å². The molecule has 0 saturated carbocycles. The van der Waals surface area contributed by atoms with Gasteiger partial charge in [-0.2, -0.15) is 0 Å². The van der Waals surface area contributed by atoms with Crippen LogP contribution in [0.25, 0.3) is 0 Å². The summed E-state index contributed by atoms with van der Waals surface area (Å²) in [6.45, 7) is 2.39. The van der Waals surface area contributed by atoms with Gasteiger partial charge < -0.3 is 19.1 Å². The van der Waals surface area contributed by atoms with Gasteiger partial charge in [-0.15, -0.1) is 0 Å². The Morgan fingerprint density at radius 1 is 1.14 bits per heavy atom. The Morgan fingerprint density at radius 2 is 1.71 bits per heavy atom. The molecule has 0 unspecified atom stereocenters. The Morgan fingerprint density at radius 3 is 2.10 bits per heavy atom. The molecule has 0 aliphatic carbocycles. The lowest BCUT2D eigenvalue weighted by molar-refractivity contribution is -0.149. The van der Waals surface area contributed by atoms with Crippen molar-refractivity contribution >= 4 is 11.9 Å². The van der Waals surface area contributed by atoms with Crippen molar-refractivity contribution in [2.75, 3.05) is 27.9 Å². The maximum atomic E-state index is 12.5. The molecule has 1 amide bonds. The third-order valence-corrected chi connectivity index (χ3v) is 3.75. The van der Waals surface area contributed by atoms with E-state index in [1.807, 2.05) is 6.92 Å². The number of carbonyl (C=O) groups is 2. The number of likely N-dealkylation sites (tertiary alicyclic amines) is 1. The lowest BCUT2D eigenvalue weighted by atomic mass is 10.0. The summed E-state index contributed by atoms with van der Waals surface area (Å²) >= 11 is 0. The van der Waals surface area contributed by atoms with Gasteiger partial charge in [0.2, 0.25) is 0 Å². The lowest BCUT2D eigenvalue weighted by Crippen LogP contribution is -2.55. The van der Waals surface area contributed by atoms with Gasteiger partial charge in [0.05, 0.1) is 21.3 Å². The fourth-order valence-corrected chi connectivity index (χ4v) is 2.39. The summed E-state index contributed by atoms with van der Waals surface area (Å²) < 4.78 is 15.2. The van der Waals surface area contributed by atoms with Crippen molar-refractivity contribution in [3.05, 3.63) is 23.3 Å². The number of carbonyl (C=O) groups excluding carboxylic acids is 2. The van der Waals surface area contributed by atoms with Gasteiger partial charge in [-0.05, 0) is 25.5 Å². The SMILES string of the molecule is COC(=O)[C@H]1CCN1C(=O)c1cc(OC)c(C)c(OC)c1. The molecule has 21 heavy (non-hydrogen) atoms. The topological polar surface area (TPSA) is 65.1 Å². The lowest BCUT2D eigenvalue weighted by Gasteiger charge is -2.38. The first-order chi connectivity index (χ1) is 10.0. The van der Waals surface area contributed by atoms with Crippen molar-refractivity contribution in [2.24, 2.45) is 0 Å². The second-order valence-corrected chi connectivity index (χ2v) is 4.83. The summed E-state index contributed by atoms with van der Waals surface area (Å²) in [5.41, 5.74) is 1.26. The Bertz CT molecular complexity index is 544. The molecule has 1 fully saturated rings. The molecule has 0 N–H and O–H groups in total. The van der Waals surface area contributed by atoms with Crippen molar-refractivity contribution in [1.29, 1.82) is 0 Å². The van der Waals surface area contributed by atoms with E-state index in [0.29, 0.717) is 30.0 Å². The van der Waals surface area contributed by atoms with Gasteiger partial charge in [-0.1, -0.05) is 0 Å². The average Bonchev–Trinajstić information content (AvgIpc) is 2.45. The second-order valence-electron chi connectivity index (χ2n) is 4.83. The van der Waals surface area contributed by atoms with Gasteiger partial charge >= 0.3 is 5.97 Å². The third-order valence-electron chi connectivity index (χ3n) is 3.75. The van der Waals surface area contributed by atoms with Crippen LogP contribution in [0.15, 0.2) is 12.1 Å². The summed E-state index contributed by atoms with van der Waals surface area (Å²) in [5.74, 6) is 0.537. The largest absolute Gasteiger partial charge is 0.496 e. The molecule has 2 rings (SSSR count). The van der Waals surface area contributed by atoms with Gasteiger partial charge in [0.15, 0.2) is 0 Å². The normalized spacial score (nSPS) is 17.0. The monoisotopic (exact) mass is 293 g/mol. The van der Waals surface area contributed by atoms with Crippen LogP contribution >= 0.6 is 0 Å². The van der Waals surface area contributed by atoms with Crippen LogP contribution in [0.1, 0.15) is 22.3 Å². The predicted molar refractivity (Wildman–Crippen MR) is 75.7 cm³/mol. The minimum atomic E-state index is -0.499. The number of hydrogen-bond acceptors (Lipinski definition) is 5. The smallest absolute Gasteiger partial charge is 0.328 e. The molecular formula is C15H19NO5. The molecule has 1 aromatic rings. The number of ether oxygens (including phenoxy) is 3. The highest BCUT2D eigenvalue weighted by Crippen LogP contribution is 2.31. The van der Waals surface area contributed by atoms with E-state index in [1.165, 1.54) is 26.2 Å². The Labute approximate surface area is 123 Å². The zero-order valence-electron chi connectivity index (χ0n) is 12.6. The molecule has 1 atom stereocenters. The number of benzene rings is 1. The van der Waals surface area contributed by atoms with Crippen LogP contribution in [0.4, 0.5) is 0 Å². The Hall–Kier alpha value is -2.24. The van der Waals surface area contributed by atoms with Crippen molar-refractivity contribution in [3.8, 4) is 11.5 Å². The maximum Gasteiger partial charge on any atom is 0.328 e. The number of esters is 1. The van der Waals surface area contributed by atoms with Crippen LogP contribution in [-0.2, 0) is 9.53 Å². The molecule has 1 aliphatic heterocycles. The molecular weight excluding hydrogens is 274 g/mol. The number of nitrogens with zero attached hydrogens (tertiary/aromatic N) is 1. The standard InChI is InChI=1S/C15H19NO5/c1-9-12(19-2)7-10(8-13(9)20-3)14(17)16-6-5-11(16)15(18)21-4/h7-8,11H,5-6H2,1-4H3/t11-/m1/s1. The zero-order chi connectivity index (χ0) is 15.6. The van der Waals surface area contributed by atoms with Crippen LogP contribution in [-0.4, -0.2) is 50.7 Å². The van der Waals surface area contributed by atoms with E-state index in [1.54, 1.807) is 12.1 Å². The van der Waals surface area contributed by atoms with Gasteiger partial charge in [0.25, 0.3) is 5.91 Å². The molecule has 0 aromatic heterocycles. The average molecular weight is 293 g/mol. The van der Waals surface area contributed by atoms with Crippen molar-refractivity contribution < 1.29 is 23.8 Å². The molecule has 1 aromatic carbocycles. The summed E-state index contributed by atoms with van der Waals surface area (Å²) in [5, 5.41) is 0. The van der Waals surface area contributed by atoms with Crippen molar-refractivity contribution in [2.45, 2.75) is 19.4 Å². The predicted octanol–water partition coefficient (Wildman–Crippen LogP) is 1.40. The van der Waals surface area contributed by atoms with Gasteiger partial charge in [0.1, 0.15) is 17.5 Å². The molecule has 0 radical (unpaired) electrons. The minimum Gasteiger partial charge on any atom is -0.496 e. The number of rotatable bonds is 4. The number of methoxy groups -OCH3 is 3. The molecule has 0 spiro atoms. The minimum absolute atomic E-state index is 0.228. The van der Waals surface area contributed by atoms with E-state index in [2.05, 4.69) is 0 Å². The fourth-order valence-electron chi connectivity index (χ4n) is 2.39.